The molecule has 0 radical (unpaired) electrons. The summed E-state index contributed by atoms with van der Waals surface area (Å²) in [5.41, 5.74) is 5.74. The van der Waals surface area contributed by atoms with Crippen molar-refractivity contribution in [2.45, 2.75) is 27.9 Å². The van der Waals surface area contributed by atoms with Crippen LogP contribution in [0.15, 0.2) is 118 Å². The number of nitrogens with zero attached hydrogens (tertiary/aromatic N) is 5. The van der Waals surface area contributed by atoms with E-state index in [1.54, 1.807) is 11.8 Å². The average Bonchev–Trinajstić information content (AvgIpc) is 3.30. The quantitative estimate of drug-likeness (QED) is 0.207. The summed E-state index contributed by atoms with van der Waals surface area (Å²) in [6, 6.07) is 34.7. The molecule has 1 amide bonds. The maximum Gasteiger partial charge on any atom is 0.242 e. The molecule has 0 unspecified atom stereocenters. The Kier molecular flexibility index (Phi) is 6.26. The monoisotopic (exact) mass is 545 g/mol. The third-order valence-electron chi connectivity index (χ3n) is 6.83. The molecule has 190 valence electrons. The molecule has 0 fully saturated rings. The number of aryl methyl sites for hydroxylation is 2. The minimum Gasteiger partial charge on any atom is -0.323 e. The van der Waals surface area contributed by atoms with Gasteiger partial charge in [-0.2, -0.15) is 0 Å². The van der Waals surface area contributed by atoms with E-state index in [2.05, 4.69) is 63.3 Å². The van der Waals surface area contributed by atoms with Crippen LogP contribution in [0, 0.1) is 0 Å². The normalized spacial score (nSPS) is 12.5. The van der Waals surface area contributed by atoms with Gasteiger partial charge in [0.25, 0.3) is 0 Å². The molecule has 0 atom stereocenters. The maximum atomic E-state index is 13.6. The predicted octanol–water partition coefficient (Wildman–Crippen LogP) is 7.14. The number of aromatic nitrogens is 4. The van der Waals surface area contributed by atoms with Gasteiger partial charge in [0, 0.05) is 21.7 Å². The summed E-state index contributed by atoms with van der Waals surface area (Å²) in [5.74, 6) is 0.179. The molecular weight excluding hydrogens is 523 g/mol. The van der Waals surface area contributed by atoms with Gasteiger partial charge in [-0.1, -0.05) is 96.3 Å². The fourth-order valence-electron chi connectivity index (χ4n) is 5.03. The third kappa shape index (κ3) is 4.45. The van der Waals surface area contributed by atoms with E-state index < -0.39 is 0 Å². The molecule has 0 saturated heterocycles. The second-order valence-electron chi connectivity index (χ2n) is 9.23. The largest absolute Gasteiger partial charge is 0.323 e. The van der Waals surface area contributed by atoms with E-state index in [4.69, 9.17) is 4.98 Å². The minimum atomic E-state index is -0.0199. The lowest BCUT2D eigenvalue weighted by Gasteiger charge is -2.30. The Balaban J connectivity index is 1.19. The van der Waals surface area contributed by atoms with Gasteiger partial charge in [0.2, 0.25) is 11.1 Å². The number of hydrogen-bond donors (Lipinski definition) is 0. The van der Waals surface area contributed by atoms with Crippen molar-refractivity contribution >= 4 is 62.9 Å². The number of benzene rings is 4. The van der Waals surface area contributed by atoms with Crippen LogP contribution in [0.5, 0.6) is 0 Å². The molecule has 8 heteroatoms. The molecular formula is C31H23N5OS2. The highest BCUT2D eigenvalue weighted by Crippen LogP contribution is 2.48. The molecule has 0 spiro atoms. The third-order valence-corrected chi connectivity index (χ3v) is 8.78. The summed E-state index contributed by atoms with van der Waals surface area (Å²) >= 11 is 3.01. The summed E-state index contributed by atoms with van der Waals surface area (Å²) in [6.45, 7) is 0.773. The summed E-state index contributed by atoms with van der Waals surface area (Å²) in [4.78, 5) is 22.5. The Morgan fingerprint density at radius 1 is 0.769 bits per heavy atom. The van der Waals surface area contributed by atoms with Crippen molar-refractivity contribution in [3.63, 3.8) is 0 Å². The first-order valence-electron chi connectivity index (χ1n) is 12.7. The Hall–Kier alpha value is -4.14. The van der Waals surface area contributed by atoms with E-state index in [-0.39, 0.29) is 11.7 Å². The van der Waals surface area contributed by atoms with Crippen LogP contribution in [0.3, 0.4) is 0 Å². The smallest absolute Gasteiger partial charge is 0.242 e. The van der Waals surface area contributed by atoms with Gasteiger partial charge in [-0.25, -0.2) is 4.98 Å². The van der Waals surface area contributed by atoms with Crippen LogP contribution in [-0.4, -0.2) is 31.4 Å². The van der Waals surface area contributed by atoms with E-state index in [1.165, 1.54) is 17.3 Å². The summed E-state index contributed by atoms with van der Waals surface area (Å²) in [5, 5.41) is 10.5. The molecule has 2 aromatic heterocycles. The van der Waals surface area contributed by atoms with Gasteiger partial charge in [-0.3, -0.25) is 9.69 Å². The van der Waals surface area contributed by atoms with Gasteiger partial charge < -0.3 is 4.57 Å². The van der Waals surface area contributed by atoms with E-state index in [9.17, 15) is 4.79 Å². The predicted molar refractivity (Wildman–Crippen MR) is 158 cm³/mol. The van der Waals surface area contributed by atoms with Crippen molar-refractivity contribution < 1.29 is 4.79 Å². The number of anilines is 2. The first-order chi connectivity index (χ1) is 19.3. The molecule has 0 bridgehead atoms. The second kappa shape index (κ2) is 10.2. The van der Waals surface area contributed by atoms with Gasteiger partial charge in [-0.15, -0.1) is 10.2 Å². The number of fused-ring (bicyclic) bond motifs is 5. The molecule has 0 saturated carbocycles. The van der Waals surface area contributed by atoms with Crippen molar-refractivity contribution in [3.8, 4) is 0 Å². The van der Waals surface area contributed by atoms with Crippen LogP contribution >= 0.6 is 23.5 Å². The van der Waals surface area contributed by atoms with Crippen LogP contribution in [0.4, 0.5) is 11.4 Å². The van der Waals surface area contributed by atoms with Crippen LogP contribution in [0.25, 0.3) is 22.1 Å². The van der Waals surface area contributed by atoms with E-state index in [1.807, 2.05) is 59.5 Å². The lowest BCUT2D eigenvalue weighted by atomic mass is 10.1. The molecule has 0 N–H and O–H groups in total. The first-order valence-corrected chi connectivity index (χ1v) is 14.5. The highest BCUT2D eigenvalue weighted by atomic mass is 32.2. The Morgan fingerprint density at radius 3 is 2.21 bits per heavy atom. The van der Waals surface area contributed by atoms with Crippen LogP contribution < -0.4 is 4.90 Å². The lowest BCUT2D eigenvalue weighted by molar-refractivity contribution is -0.115. The fourth-order valence-corrected chi connectivity index (χ4v) is 6.72. The molecule has 6 nitrogen and oxygen atoms in total. The number of thioether (sulfide) groups is 1. The highest BCUT2D eigenvalue weighted by Gasteiger charge is 2.28. The zero-order valence-corrected chi connectivity index (χ0v) is 22.5. The van der Waals surface area contributed by atoms with Crippen molar-refractivity contribution in [1.82, 2.24) is 19.7 Å². The highest BCUT2D eigenvalue weighted by molar-refractivity contribution is 8.00. The number of carbonyl (C=O) groups is 1. The molecule has 0 aliphatic carbocycles. The topological polar surface area (TPSA) is 63.9 Å². The molecule has 4 aromatic carbocycles. The minimum absolute atomic E-state index is 0.0199. The Labute approximate surface area is 234 Å². The summed E-state index contributed by atoms with van der Waals surface area (Å²) < 4.78 is 2.21. The Morgan fingerprint density at radius 2 is 1.44 bits per heavy atom. The standard InChI is InChI=1S/C31H23N5OS2/c37-28(36-24-14-6-8-16-26(24)39-27-17-9-7-15-25(27)36)20-38-31-32-30-29(33-34-31)22-12-4-5-13-23(22)35(30)19-18-21-10-2-1-3-11-21/h1-17H,18-20H2. The average molecular weight is 546 g/mol. The number of hydrogen-bond acceptors (Lipinski definition) is 6. The molecule has 1 aliphatic heterocycles. The van der Waals surface area contributed by atoms with Crippen LogP contribution in [0.2, 0.25) is 0 Å². The van der Waals surface area contributed by atoms with Crippen molar-refractivity contribution in [3.05, 3.63) is 109 Å². The van der Waals surface area contributed by atoms with Gasteiger partial charge in [0.15, 0.2) is 5.65 Å². The first kappa shape index (κ1) is 23.9. The number of rotatable bonds is 6. The van der Waals surface area contributed by atoms with Crippen LogP contribution in [0.1, 0.15) is 5.56 Å². The zero-order chi connectivity index (χ0) is 26.2. The van der Waals surface area contributed by atoms with Gasteiger partial charge in [0.05, 0.1) is 22.6 Å². The lowest BCUT2D eigenvalue weighted by Crippen LogP contribution is -2.30. The zero-order valence-electron chi connectivity index (χ0n) is 20.9. The molecule has 7 rings (SSSR count). The van der Waals surface area contributed by atoms with Crippen molar-refractivity contribution in [2.24, 2.45) is 0 Å². The second-order valence-corrected chi connectivity index (χ2v) is 11.3. The van der Waals surface area contributed by atoms with Gasteiger partial charge in [-0.05, 0) is 42.3 Å². The van der Waals surface area contributed by atoms with Crippen LogP contribution in [-0.2, 0) is 17.8 Å². The van der Waals surface area contributed by atoms with Crippen molar-refractivity contribution in [1.29, 1.82) is 0 Å². The summed E-state index contributed by atoms with van der Waals surface area (Å²) in [7, 11) is 0. The number of carbonyl (C=O) groups excluding carboxylic acids is 1. The van der Waals surface area contributed by atoms with E-state index in [0.29, 0.717) is 5.16 Å². The molecule has 6 aromatic rings. The maximum absolute atomic E-state index is 13.6. The summed E-state index contributed by atoms with van der Waals surface area (Å²) in [6.07, 6.45) is 0.880. The number of para-hydroxylation sites is 3. The molecule has 3 heterocycles. The molecule has 39 heavy (non-hydrogen) atoms. The molecule has 1 aliphatic rings. The number of amides is 1. The van der Waals surface area contributed by atoms with Crippen molar-refractivity contribution in [2.75, 3.05) is 10.7 Å². The van der Waals surface area contributed by atoms with E-state index >= 15 is 0 Å². The Bertz CT molecular complexity index is 1790. The van der Waals surface area contributed by atoms with Gasteiger partial charge >= 0.3 is 0 Å². The van der Waals surface area contributed by atoms with Gasteiger partial charge in [0.1, 0.15) is 5.52 Å². The van der Waals surface area contributed by atoms with E-state index in [0.717, 1.165) is 56.2 Å². The fraction of sp³-hybridized carbons (Fsp3) is 0.0968. The SMILES string of the molecule is O=C(CSc1nnc2c3ccccc3n(CCc3ccccc3)c2n1)N1c2ccccc2Sc2ccccc21.